The summed E-state index contributed by atoms with van der Waals surface area (Å²) in [5, 5.41) is 3.47. The van der Waals surface area contributed by atoms with Crippen LogP contribution in [0.1, 0.15) is 33.0 Å². The summed E-state index contributed by atoms with van der Waals surface area (Å²) in [5.41, 5.74) is 0.896. The second-order valence-electron chi connectivity index (χ2n) is 5.33. The zero-order chi connectivity index (χ0) is 14.5. The Balaban J connectivity index is 1.97. The minimum atomic E-state index is -0.232. The molecule has 0 bridgehead atoms. The van der Waals surface area contributed by atoms with Gasteiger partial charge in [0.25, 0.3) is 0 Å². The third-order valence-corrected chi connectivity index (χ3v) is 3.89. The Morgan fingerprint density at radius 1 is 1.10 bits per heavy atom. The number of rotatable bonds is 6. The van der Waals surface area contributed by atoms with Gasteiger partial charge in [-0.1, -0.05) is 20.3 Å². The van der Waals surface area contributed by atoms with Gasteiger partial charge in [-0.05, 0) is 49.2 Å². The lowest BCUT2D eigenvalue weighted by Crippen LogP contribution is -2.31. The van der Waals surface area contributed by atoms with Gasteiger partial charge in [0, 0.05) is 11.6 Å². The highest BCUT2D eigenvalue weighted by Crippen LogP contribution is 2.22. The molecule has 2 nitrogen and oxygen atoms in total. The van der Waals surface area contributed by atoms with Crippen molar-refractivity contribution in [2.75, 3.05) is 0 Å². The predicted octanol–water partition coefficient (Wildman–Crippen LogP) is 4.61. The molecule has 0 radical (unpaired) electrons. The fourth-order valence-electron chi connectivity index (χ4n) is 2.06. The molecule has 0 saturated carbocycles. The maximum atomic E-state index is 12.9. The molecule has 0 aliphatic heterocycles. The summed E-state index contributed by atoms with van der Waals surface area (Å²) in [7, 11) is 0. The van der Waals surface area contributed by atoms with Crippen molar-refractivity contribution in [1.29, 1.82) is 0 Å². The number of hydrogen-bond acceptors (Lipinski definition) is 2. The zero-order valence-electron chi connectivity index (χ0n) is 12.3. The van der Waals surface area contributed by atoms with Crippen LogP contribution in [0.4, 0.5) is 4.39 Å². The fraction of sp³-hybridized carbons (Fsp3) is 0.412. The summed E-state index contributed by atoms with van der Waals surface area (Å²) in [6, 6.07) is 10.7. The largest absolute Gasteiger partial charge is 0.460 e. The van der Waals surface area contributed by atoms with E-state index in [1.54, 1.807) is 12.1 Å². The SMILES string of the molecule is CCC(C)C(C)NCc1ccc(-c2ccc(F)cc2)o1. The average Bonchev–Trinajstić information content (AvgIpc) is 2.93. The highest BCUT2D eigenvalue weighted by atomic mass is 19.1. The van der Waals surface area contributed by atoms with Crippen molar-refractivity contribution in [3.05, 3.63) is 48.0 Å². The monoisotopic (exact) mass is 275 g/mol. The van der Waals surface area contributed by atoms with E-state index in [-0.39, 0.29) is 5.82 Å². The highest BCUT2D eigenvalue weighted by molar-refractivity contribution is 5.57. The van der Waals surface area contributed by atoms with Crippen molar-refractivity contribution in [2.45, 2.75) is 39.8 Å². The number of benzene rings is 1. The van der Waals surface area contributed by atoms with Crippen LogP contribution in [0.2, 0.25) is 0 Å². The van der Waals surface area contributed by atoms with E-state index in [1.807, 2.05) is 12.1 Å². The second kappa shape index (κ2) is 6.71. The van der Waals surface area contributed by atoms with Crippen LogP contribution in [0.25, 0.3) is 11.3 Å². The zero-order valence-corrected chi connectivity index (χ0v) is 12.3. The normalized spacial score (nSPS) is 14.2. The molecule has 2 rings (SSSR count). The molecule has 1 heterocycles. The molecular formula is C17H22FNO. The van der Waals surface area contributed by atoms with Gasteiger partial charge in [-0.3, -0.25) is 0 Å². The molecule has 108 valence electrons. The Morgan fingerprint density at radius 3 is 2.45 bits per heavy atom. The van der Waals surface area contributed by atoms with Crippen molar-refractivity contribution in [3.8, 4) is 11.3 Å². The van der Waals surface area contributed by atoms with Gasteiger partial charge in [-0.2, -0.15) is 0 Å². The predicted molar refractivity (Wildman–Crippen MR) is 79.9 cm³/mol. The van der Waals surface area contributed by atoms with Crippen molar-refractivity contribution in [1.82, 2.24) is 5.32 Å². The first-order chi connectivity index (χ1) is 9.60. The van der Waals surface area contributed by atoms with Crippen molar-refractivity contribution in [2.24, 2.45) is 5.92 Å². The summed E-state index contributed by atoms with van der Waals surface area (Å²) in [5.74, 6) is 2.09. The van der Waals surface area contributed by atoms with Gasteiger partial charge in [-0.15, -0.1) is 0 Å². The van der Waals surface area contributed by atoms with Gasteiger partial charge < -0.3 is 9.73 Å². The molecule has 0 aliphatic rings. The van der Waals surface area contributed by atoms with Crippen LogP contribution in [0.15, 0.2) is 40.8 Å². The van der Waals surface area contributed by atoms with E-state index < -0.39 is 0 Å². The first-order valence-corrected chi connectivity index (χ1v) is 7.18. The van der Waals surface area contributed by atoms with E-state index in [9.17, 15) is 4.39 Å². The third-order valence-electron chi connectivity index (χ3n) is 3.89. The number of nitrogens with one attached hydrogen (secondary N) is 1. The molecule has 20 heavy (non-hydrogen) atoms. The van der Waals surface area contributed by atoms with E-state index >= 15 is 0 Å². The number of furan rings is 1. The highest BCUT2D eigenvalue weighted by Gasteiger charge is 2.11. The van der Waals surface area contributed by atoms with E-state index in [4.69, 9.17) is 4.42 Å². The quantitative estimate of drug-likeness (QED) is 0.832. The molecule has 0 fully saturated rings. The summed E-state index contributed by atoms with van der Waals surface area (Å²) in [4.78, 5) is 0. The number of halogens is 1. The summed E-state index contributed by atoms with van der Waals surface area (Å²) >= 11 is 0. The minimum absolute atomic E-state index is 0.232. The lowest BCUT2D eigenvalue weighted by Gasteiger charge is -2.19. The summed E-state index contributed by atoms with van der Waals surface area (Å²) in [6.07, 6.45) is 1.16. The molecule has 0 spiro atoms. The van der Waals surface area contributed by atoms with Gasteiger partial charge in [0.1, 0.15) is 17.3 Å². The van der Waals surface area contributed by atoms with Gasteiger partial charge in [0.15, 0.2) is 0 Å². The molecule has 0 saturated heterocycles. The van der Waals surface area contributed by atoms with Gasteiger partial charge in [0.05, 0.1) is 6.54 Å². The van der Waals surface area contributed by atoms with Crippen LogP contribution in [-0.4, -0.2) is 6.04 Å². The van der Waals surface area contributed by atoms with E-state index in [0.717, 1.165) is 23.5 Å². The Morgan fingerprint density at radius 2 is 1.80 bits per heavy atom. The molecule has 1 aromatic carbocycles. The molecule has 0 amide bonds. The Kier molecular flexibility index (Phi) is 4.96. The molecule has 2 aromatic rings. The first kappa shape index (κ1) is 14.8. The Bertz CT molecular complexity index is 532. The van der Waals surface area contributed by atoms with Crippen molar-refractivity contribution in [3.63, 3.8) is 0 Å². The van der Waals surface area contributed by atoms with Gasteiger partial charge in [-0.25, -0.2) is 4.39 Å². The van der Waals surface area contributed by atoms with Crippen molar-refractivity contribution < 1.29 is 8.81 Å². The van der Waals surface area contributed by atoms with Crippen LogP contribution >= 0.6 is 0 Å². The lowest BCUT2D eigenvalue weighted by atomic mass is 10.0. The number of hydrogen-bond donors (Lipinski definition) is 1. The Hall–Kier alpha value is -1.61. The standard InChI is InChI=1S/C17H22FNO/c1-4-12(2)13(3)19-11-16-9-10-17(20-16)14-5-7-15(18)8-6-14/h5-10,12-13,19H,4,11H2,1-3H3. The third kappa shape index (κ3) is 3.70. The average molecular weight is 275 g/mol. The first-order valence-electron chi connectivity index (χ1n) is 7.18. The van der Waals surface area contributed by atoms with Crippen LogP contribution in [0, 0.1) is 11.7 Å². The maximum absolute atomic E-state index is 12.9. The molecule has 0 aliphatic carbocycles. The van der Waals surface area contributed by atoms with E-state index in [1.165, 1.54) is 12.1 Å². The lowest BCUT2D eigenvalue weighted by molar-refractivity contribution is 0.371. The second-order valence-corrected chi connectivity index (χ2v) is 5.33. The summed E-state index contributed by atoms with van der Waals surface area (Å²) in [6.45, 7) is 7.34. The van der Waals surface area contributed by atoms with Crippen molar-refractivity contribution >= 4 is 0 Å². The molecule has 2 atom stereocenters. The van der Waals surface area contributed by atoms with Crippen LogP contribution in [0.3, 0.4) is 0 Å². The van der Waals surface area contributed by atoms with E-state index in [0.29, 0.717) is 18.5 Å². The van der Waals surface area contributed by atoms with Crippen LogP contribution in [-0.2, 0) is 6.54 Å². The molecule has 3 heteroatoms. The smallest absolute Gasteiger partial charge is 0.134 e. The van der Waals surface area contributed by atoms with Crippen LogP contribution < -0.4 is 5.32 Å². The van der Waals surface area contributed by atoms with Gasteiger partial charge in [0.2, 0.25) is 0 Å². The summed E-state index contributed by atoms with van der Waals surface area (Å²) < 4.78 is 18.7. The fourth-order valence-corrected chi connectivity index (χ4v) is 2.06. The van der Waals surface area contributed by atoms with Crippen LogP contribution in [0.5, 0.6) is 0 Å². The molecular weight excluding hydrogens is 253 g/mol. The topological polar surface area (TPSA) is 25.2 Å². The molecule has 2 unspecified atom stereocenters. The molecule has 1 N–H and O–H groups in total. The minimum Gasteiger partial charge on any atom is -0.460 e. The maximum Gasteiger partial charge on any atom is 0.134 e. The Labute approximate surface area is 120 Å². The molecule has 1 aromatic heterocycles. The van der Waals surface area contributed by atoms with E-state index in [2.05, 4.69) is 26.1 Å². The van der Waals surface area contributed by atoms with Gasteiger partial charge >= 0.3 is 0 Å².